The van der Waals surface area contributed by atoms with Gasteiger partial charge in [-0.05, 0) is 81.4 Å². The minimum absolute atomic E-state index is 0.0552. The van der Waals surface area contributed by atoms with Crippen LogP contribution >= 0.6 is 11.8 Å². The Labute approximate surface area is 220 Å². The van der Waals surface area contributed by atoms with Gasteiger partial charge in [0.05, 0.1) is 5.25 Å². The number of fused-ring (bicyclic) bond motifs is 3. The van der Waals surface area contributed by atoms with Gasteiger partial charge in [-0.1, -0.05) is 35.9 Å². The molecule has 37 heavy (non-hydrogen) atoms. The van der Waals surface area contributed by atoms with Gasteiger partial charge in [-0.2, -0.15) is 0 Å². The number of hydrogen-bond acceptors (Lipinski definition) is 3. The van der Waals surface area contributed by atoms with E-state index in [0.717, 1.165) is 28.1 Å². The zero-order valence-electron chi connectivity index (χ0n) is 21.1. The highest BCUT2D eigenvalue weighted by molar-refractivity contribution is 8.00. The number of anilines is 2. The van der Waals surface area contributed by atoms with Crippen LogP contribution in [0.1, 0.15) is 29.8 Å². The van der Waals surface area contributed by atoms with Crippen molar-refractivity contribution in [3.05, 3.63) is 102 Å². The van der Waals surface area contributed by atoms with Gasteiger partial charge in [-0.15, -0.1) is 11.8 Å². The predicted octanol–water partition coefficient (Wildman–Crippen LogP) is 7.49. The van der Waals surface area contributed by atoms with Crippen molar-refractivity contribution < 1.29 is 9.59 Å². The summed E-state index contributed by atoms with van der Waals surface area (Å²) in [6.45, 7) is 6.89. The van der Waals surface area contributed by atoms with Crippen LogP contribution in [-0.4, -0.2) is 21.6 Å². The number of thioether (sulfide) groups is 1. The summed E-state index contributed by atoms with van der Waals surface area (Å²) in [6, 6.07) is 29.5. The molecule has 1 unspecified atom stereocenters. The van der Waals surface area contributed by atoms with Crippen LogP contribution in [0.15, 0.2) is 95.9 Å². The van der Waals surface area contributed by atoms with E-state index >= 15 is 0 Å². The number of hydrogen-bond donors (Lipinski definition) is 2. The second kappa shape index (κ2) is 10.5. The molecule has 6 heteroatoms. The number of rotatable bonds is 7. The number of nitrogens with one attached hydrogen (secondary N) is 2. The highest BCUT2D eigenvalue weighted by atomic mass is 32.2. The molecule has 1 aromatic heterocycles. The molecule has 0 aliphatic carbocycles. The van der Waals surface area contributed by atoms with Crippen molar-refractivity contribution in [2.75, 3.05) is 10.6 Å². The van der Waals surface area contributed by atoms with E-state index < -0.39 is 0 Å². The maximum Gasteiger partial charge on any atom is 0.255 e. The van der Waals surface area contributed by atoms with E-state index in [9.17, 15) is 9.59 Å². The van der Waals surface area contributed by atoms with Crippen LogP contribution in [0.4, 0.5) is 11.4 Å². The first kappa shape index (κ1) is 24.7. The number of aromatic nitrogens is 1. The Balaban J connectivity index is 1.24. The first-order valence-corrected chi connectivity index (χ1v) is 13.3. The molecular weight excluding hydrogens is 478 g/mol. The van der Waals surface area contributed by atoms with E-state index in [1.54, 1.807) is 6.07 Å². The van der Waals surface area contributed by atoms with E-state index in [-0.39, 0.29) is 17.1 Å². The highest BCUT2D eigenvalue weighted by Crippen LogP contribution is 2.32. The largest absolute Gasteiger partial charge is 0.341 e. The number of benzene rings is 4. The fourth-order valence-corrected chi connectivity index (χ4v) is 5.45. The fraction of sp³-hybridized carbons (Fsp3) is 0.161. The third-order valence-electron chi connectivity index (χ3n) is 6.43. The normalized spacial score (nSPS) is 12.0. The quantitative estimate of drug-likeness (QED) is 0.224. The standard InChI is InChI=1S/C31H29N3O2S/c1-4-34-28-11-6-5-10-26(28)27-19-24(14-17-29(27)34)33-30(35)21(3)37-25-15-12-23(13-16-25)32-31(36)22-9-7-8-20(2)18-22/h5-19,21H,4H2,1-3H3,(H,32,36)(H,33,35). The molecule has 0 fully saturated rings. The minimum Gasteiger partial charge on any atom is -0.341 e. The van der Waals surface area contributed by atoms with Crippen molar-refractivity contribution >= 4 is 56.8 Å². The van der Waals surface area contributed by atoms with E-state index in [1.165, 1.54) is 28.2 Å². The molecule has 186 valence electrons. The number of carbonyl (C=O) groups excluding carboxylic acids is 2. The monoisotopic (exact) mass is 507 g/mol. The molecule has 0 spiro atoms. The van der Waals surface area contributed by atoms with Gasteiger partial charge in [0.1, 0.15) is 0 Å². The molecule has 1 heterocycles. The Bertz CT molecular complexity index is 1600. The molecule has 0 aliphatic rings. The molecule has 0 saturated heterocycles. The molecule has 4 aromatic carbocycles. The van der Waals surface area contributed by atoms with Gasteiger partial charge >= 0.3 is 0 Å². The lowest BCUT2D eigenvalue weighted by Crippen LogP contribution is -2.22. The molecule has 5 aromatic rings. The Morgan fingerprint density at radius 3 is 2.30 bits per heavy atom. The van der Waals surface area contributed by atoms with Gasteiger partial charge in [-0.3, -0.25) is 9.59 Å². The van der Waals surface area contributed by atoms with Crippen molar-refractivity contribution in [2.24, 2.45) is 0 Å². The first-order valence-electron chi connectivity index (χ1n) is 12.4. The van der Waals surface area contributed by atoms with Crippen LogP contribution in [0.2, 0.25) is 0 Å². The van der Waals surface area contributed by atoms with Crippen LogP contribution in [0, 0.1) is 6.92 Å². The summed E-state index contributed by atoms with van der Waals surface area (Å²) in [4.78, 5) is 26.4. The van der Waals surface area contributed by atoms with Crippen molar-refractivity contribution in [2.45, 2.75) is 37.5 Å². The molecule has 0 saturated carbocycles. The molecule has 0 radical (unpaired) electrons. The summed E-state index contributed by atoms with van der Waals surface area (Å²) >= 11 is 1.48. The zero-order chi connectivity index (χ0) is 25.9. The summed E-state index contributed by atoms with van der Waals surface area (Å²) in [5.41, 5.74) is 5.54. The maximum atomic E-state index is 13.0. The van der Waals surface area contributed by atoms with Gasteiger partial charge in [-0.25, -0.2) is 0 Å². The average molecular weight is 508 g/mol. The Kier molecular flexibility index (Phi) is 7.01. The van der Waals surface area contributed by atoms with Crippen molar-refractivity contribution in [1.82, 2.24) is 4.57 Å². The van der Waals surface area contributed by atoms with Crippen LogP contribution in [0.5, 0.6) is 0 Å². The summed E-state index contributed by atoms with van der Waals surface area (Å²) in [7, 11) is 0. The molecule has 2 amide bonds. The zero-order valence-corrected chi connectivity index (χ0v) is 21.9. The summed E-state index contributed by atoms with van der Waals surface area (Å²) in [5, 5.41) is 8.04. The maximum absolute atomic E-state index is 13.0. The molecule has 5 nitrogen and oxygen atoms in total. The molecule has 1 atom stereocenters. The number of nitrogens with zero attached hydrogens (tertiary/aromatic N) is 1. The van der Waals surface area contributed by atoms with Gasteiger partial charge in [0.15, 0.2) is 0 Å². The molecule has 0 aliphatic heterocycles. The highest BCUT2D eigenvalue weighted by Gasteiger charge is 2.16. The topological polar surface area (TPSA) is 63.1 Å². The van der Waals surface area contributed by atoms with Crippen LogP contribution in [0.25, 0.3) is 21.8 Å². The van der Waals surface area contributed by atoms with Crippen LogP contribution in [0.3, 0.4) is 0 Å². The summed E-state index contributed by atoms with van der Waals surface area (Å²) in [6.07, 6.45) is 0. The van der Waals surface area contributed by atoms with Gasteiger partial charge in [0, 0.05) is 50.2 Å². The van der Waals surface area contributed by atoms with Crippen molar-refractivity contribution in [3.8, 4) is 0 Å². The van der Waals surface area contributed by atoms with E-state index in [2.05, 4.69) is 52.5 Å². The predicted molar refractivity (Wildman–Crippen MR) is 155 cm³/mol. The molecule has 5 rings (SSSR count). The Hall–Kier alpha value is -4.03. The number of amides is 2. The van der Waals surface area contributed by atoms with Crippen LogP contribution in [-0.2, 0) is 11.3 Å². The molecule has 2 N–H and O–H groups in total. The second-order valence-electron chi connectivity index (χ2n) is 9.09. The summed E-state index contributed by atoms with van der Waals surface area (Å²) in [5.74, 6) is -0.198. The van der Waals surface area contributed by atoms with Gasteiger partial charge in [0.2, 0.25) is 5.91 Å². The average Bonchev–Trinajstić information content (AvgIpc) is 3.22. The lowest BCUT2D eigenvalue weighted by Gasteiger charge is -2.13. The Morgan fingerprint density at radius 2 is 1.54 bits per heavy atom. The lowest BCUT2D eigenvalue weighted by molar-refractivity contribution is -0.115. The van der Waals surface area contributed by atoms with Crippen LogP contribution < -0.4 is 10.6 Å². The van der Waals surface area contributed by atoms with E-state index in [1.807, 2.05) is 68.4 Å². The number of aryl methyl sites for hydroxylation is 2. The van der Waals surface area contributed by atoms with Gasteiger partial charge in [0.25, 0.3) is 5.91 Å². The first-order chi connectivity index (χ1) is 17.9. The van der Waals surface area contributed by atoms with E-state index in [4.69, 9.17) is 0 Å². The molecular formula is C31H29N3O2S. The smallest absolute Gasteiger partial charge is 0.255 e. The van der Waals surface area contributed by atoms with Crippen molar-refractivity contribution in [3.63, 3.8) is 0 Å². The number of para-hydroxylation sites is 1. The number of carbonyl (C=O) groups is 2. The third kappa shape index (κ3) is 5.25. The Morgan fingerprint density at radius 1 is 0.811 bits per heavy atom. The minimum atomic E-state index is -0.291. The van der Waals surface area contributed by atoms with Crippen molar-refractivity contribution in [1.29, 1.82) is 0 Å². The lowest BCUT2D eigenvalue weighted by atomic mass is 10.1. The second-order valence-corrected chi connectivity index (χ2v) is 10.5. The van der Waals surface area contributed by atoms with E-state index in [0.29, 0.717) is 11.3 Å². The fourth-order valence-electron chi connectivity index (χ4n) is 4.58. The van der Waals surface area contributed by atoms with Gasteiger partial charge < -0.3 is 15.2 Å². The molecule has 0 bridgehead atoms. The SMILES string of the molecule is CCn1c2ccccc2c2cc(NC(=O)C(C)Sc3ccc(NC(=O)c4cccc(C)c4)cc3)ccc21. The third-order valence-corrected chi connectivity index (χ3v) is 7.54. The summed E-state index contributed by atoms with van der Waals surface area (Å²) < 4.78 is 2.29.